The quantitative estimate of drug-likeness (QED) is 0.493. The number of carbonyl (C=O) groups is 1. The van der Waals surface area contributed by atoms with Crippen molar-refractivity contribution in [3.8, 4) is 11.5 Å². The highest BCUT2D eigenvalue weighted by Gasteiger charge is 2.17. The fraction of sp³-hybridized carbons (Fsp3) is 0.143. The number of nitrogens with zero attached hydrogens (tertiary/aromatic N) is 4. The van der Waals surface area contributed by atoms with Gasteiger partial charge in [0.15, 0.2) is 0 Å². The van der Waals surface area contributed by atoms with Crippen LogP contribution in [0.5, 0.6) is 11.5 Å². The van der Waals surface area contributed by atoms with Gasteiger partial charge in [0.05, 0.1) is 0 Å². The van der Waals surface area contributed by atoms with Gasteiger partial charge in [0.1, 0.15) is 18.1 Å². The van der Waals surface area contributed by atoms with Crippen molar-refractivity contribution in [2.45, 2.75) is 20.5 Å². The van der Waals surface area contributed by atoms with Crippen LogP contribution in [0.15, 0.2) is 60.7 Å². The number of ether oxygens (including phenoxy) is 2. The molecule has 0 aliphatic carbocycles. The Hall–Kier alpha value is -3.74. The molecule has 2 heterocycles. The molecule has 0 amide bonds. The number of esters is 1. The number of benzene rings is 2. The van der Waals surface area contributed by atoms with Crippen LogP contribution in [-0.4, -0.2) is 25.6 Å². The Kier molecular flexibility index (Phi) is 4.72. The molecule has 7 heteroatoms. The van der Waals surface area contributed by atoms with Gasteiger partial charge in [-0.2, -0.15) is 4.98 Å². The van der Waals surface area contributed by atoms with Crippen molar-refractivity contribution in [1.29, 1.82) is 0 Å². The largest absolute Gasteiger partial charge is 0.457 e. The fourth-order valence-electron chi connectivity index (χ4n) is 2.80. The van der Waals surface area contributed by atoms with E-state index in [0.717, 1.165) is 17.0 Å². The van der Waals surface area contributed by atoms with E-state index in [1.807, 2.05) is 74.5 Å². The summed E-state index contributed by atoms with van der Waals surface area (Å²) in [5, 5.41) is 4.19. The van der Waals surface area contributed by atoms with Gasteiger partial charge in [0.25, 0.3) is 11.6 Å². The predicted molar refractivity (Wildman–Crippen MR) is 102 cm³/mol. The maximum Gasteiger partial charge on any atom is 0.378 e. The van der Waals surface area contributed by atoms with E-state index in [4.69, 9.17) is 9.47 Å². The van der Waals surface area contributed by atoms with Gasteiger partial charge in [-0.25, -0.2) is 14.3 Å². The Balaban J connectivity index is 1.50. The summed E-state index contributed by atoms with van der Waals surface area (Å²) in [6, 6.07) is 18.7. The zero-order valence-corrected chi connectivity index (χ0v) is 15.5. The molecule has 4 rings (SSSR count). The summed E-state index contributed by atoms with van der Waals surface area (Å²) in [6.45, 7) is 3.79. The Morgan fingerprint density at radius 2 is 1.75 bits per heavy atom. The number of fused-ring (bicyclic) bond motifs is 1. The maximum absolute atomic E-state index is 12.4. The van der Waals surface area contributed by atoms with Crippen molar-refractivity contribution in [3.63, 3.8) is 0 Å². The molecule has 0 unspecified atom stereocenters. The lowest BCUT2D eigenvalue weighted by Crippen LogP contribution is -2.08. The van der Waals surface area contributed by atoms with Gasteiger partial charge < -0.3 is 9.47 Å². The Labute approximate surface area is 161 Å². The van der Waals surface area contributed by atoms with E-state index in [-0.39, 0.29) is 12.4 Å². The van der Waals surface area contributed by atoms with Crippen LogP contribution in [0, 0.1) is 13.8 Å². The number of hydrogen-bond donors (Lipinski definition) is 0. The lowest BCUT2D eigenvalue weighted by Gasteiger charge is -2.11. The predicted octanol–water partition coefficient (Wildman–Crippen LogP) is 3.89. The van der Waals surface area contributed by atoms with Crippen LogP contribution in [0.2, 0.25) is 0 Å². The SMILES string of the molecule is Cc1cc(C)n2nc(C(=O)OCc3ccccc3Oc3ccccc3)nc2n1. The Bertz CT molecular complexity index is 1140. The fourth-order valence-corrected chi connectivity index (χ4v) is 2.80. The molecule has 0 aliphatic rings. The minimum Gasteiger partial charge on any atom is -0.457 e. The summed E-state index contributed by atoms with van der Waals surface area (Å²) in [5.41, 5.74) is 2.40. The molecule has 2 aromatic carbocycles. The number of aryl methyl sites for hydroxylation is 2. The Morgan fingerprint density at radius 1 is 1.00 bits per heavy atom. The zero-order valence-electron chi connectivity index (χ0n) is 15.5. The average Bonchev–Trinajstić information content (AvgIpc) is 3.12. The first-order valence-electron chi connectivity index (χ1n) is 8.79. The van der Waals surface area contributed by atoms with Gasteiger partial charge in [0, 0.05) is 17.0 Å². The van der Waals surface area contributed by atoms with E-state index < -0.39 is 5.97 Å². The highest BCUT2D eigenvalue weighted by atomic mass is 16.5. The standard InChI is InChI=1S/C21H18N4O3/c1-14-12-15(2)25-21(22-14)23-19(24-25)20(26)27-13-16-8-6-7-11-18(16)28-17-9-4-3-5-10-17/h3-12H,13H2,1-2H3. The summed E-state index contributed by atoms with van der Waals surface area (Å²) in [6.07, 6.45) is 0. The second-order valence-electron chi connectivity index (χ2n) is 6.29. The summed E-state index contributed by atoms with van der Waals surface area (Å²) in [7, 11) is 0. The molecule has 7 nitrogen and oxygen atoms in total. The first-order chi connectivity index (χ1) is 13.6. The molecular formula is C21H18N4O3. The molecule has 0 saturated heterocycles. The van der Waals surface area contributed by atoms with Crippen LogP contribution in [-0.2, 0) is 11.3 Å². The van der Waals surface area contributed by atoms with Crippen molar-refractivity contribution in [2.24, 2.45) is 0 Å². The molecule has 0 N–H and O–H groups in total. The number of hydrogen-bond acceptors (Lipinski definition) is 6. The molecule has 0 bridgehead atoms. The molecule has 140 valence electrons. The number of para-hydroxylation sites is 2. The van der Waals surface area contributed by atoms with Crippen molar-refractivity contribution in [1.82, 2.24) is 19.6 Å². The van der Waals surface area contributed by atoms with E-state index in [0.29, 0.717) is 17.3 Å². The van der Waals surface area contributed by atoms with Gasteiger partial charge in [-0.3, -0.25) is 0 Å². The second kappa shape index (κ2) is 7.48. The molecule has 0 radical (unpaired) electrons. The minimum absolute atomic E-state index is 0.0253. The summed E-state index contributed by atoms with van der Waals surface area (Å²) in [4.78, 5) is 20.9. The number of carbonyl (C=O) groups excluding carboxylic acids is 1. The third-order valence-corrected chi connectivity index (χ3v) is 4.10. The van der Waals surface area contributed by atoms with Crippen molar-refractivity contribution in [2.75, 3.05) is 0 Å². The van der Waals surface area contributed by atoms with Crippen LogP contribution in [0.3, 0.4) is 0 Å². The summed E-state index contributed by atoms with van der Waals surface area (Å²) >= 11 is 0. The lowest BCUT2D eigenvalue weighted by molar-refractivity contribution is 0.0456. The van der Waals surface area contributed by atoms with Gasteiger partial charge in [-0.15, -0.1) is 5.10 Å². The average molecular weight is 374 g/mol. The van der Waals surface area contributed by atoms with Gasteiger partial charge >= 0.3 is 5.97 Å². The monoisotopic (exact) mass is 374 g/mol. The van der Waals surface area contributed by atoms with E-state index in [9.17, 15) is 4.79 Å². The van der Waals surface area contributed by atoms with Crippen LogP contribution < -0.4 is 4.74 Å². The van der Waals surface area contributed by atoms with Crippen molar-refractivity contribution >= 4 is 11.7 Å². The van der Waals surface area contributed by atoms with Crippen molar-refractivity contribution in [3.05, 3.63) is 83.4 Å². The molecule has 4 aromatic rings. The lowest BCUT2D eigenvalue weighted by atomic mass is 10.2. The van der Waals surface area contributed by atoms with E-state index in [1.165, 1.54) is 4.52 Å². The van der Waals surface area contributed by atoms with E-state index in [2.05, 4.69) is 15.1 Å². The topological polar surface area (TPSA) is 78.6 Å². The molecule has 2 aromatic heterocycles. The minimum atomic E-state index is -0.614. The van der Waals surface area contributed by atoms with Gasteiger partial charge in [0.2, 0.25) is 0 Å². The number of aromatic nitrogens is 4. The third kappa shape index (κ3) is 3.68. The van der Waals surface area contributed by atoms with Crippen LogP contribution in [0.25, 0.3) is 5.78 Å². The molecule has 0 aliphatic heterocycles. The first kappa shape index (κ1) is 17.7. The molecule has 0 atom stereocenters. The highest BCUT2D eigenvalue weighted by Crippen LogP contribution is 2.25. The van der Waals surface area contributed by atoms with E-state index in [1.54, 1.807) is 0 Å². The molecule has 0 saturated carbocycles. The maximum atomic E-state index is 12.4. The Morgan fingerprint density at radius 3 is 2.57 bits per heavy atom. The second-order valence-corrected chi connectivity index (χ2v) is 6.29. The van der Waals surface area contributed by atoms with Gasteiger partial charge in [-0.1, -0.05) is 36.4 Å². The number of rotatable bonds is 5. The third-order valence-electron chi connectivity index (χ3n) is 4.10. The van der Waals surface area contributed by atoms with E-state index >= 15 is 0 Å². The smallest absolute Gasteiger partial charge is 0.378 e. The van der Waals surface area contributed by atoms with Crippen molar-refractivity contribution < 1.29 is 14.3 Å². The first-order valence-corrected chi connectivity index (χ1v) is 8.79. The molecular weight excluding hydrogens is 356 g/mol. The molecule has 0 spiro atoms. The summed E-state index contributed by atoms with van der Waals surface area (Å²) < 4.78 is 12.8. The molecule has 28 heavy (non-hydrogen) atoms. The summed E-state index contributed by atoms with van der Waals surface area (Å²) in [5.74, 6) is 1.06. The highest BCUT2D eigenvalue weighted by molar-refractivity contribution is 5.85. The van der Waals surface area contributed by atoms with Crippen LogP contribution >= 0.6 is 0 Å². The zero-order chi connectivity index (χ0) is 19.5. The van der Waals surface area contributed by atoms with Crippen LogP contribution in [0.4, 0.5) is 0 Å². The van der Waals surface area contributed by atoms with Crippen LogP contribution in [0.1, 0.15) is 27.6 Å². The van der Waals surface area contributed by atoms with Gasteiger partial charge in [-0.05, 0) is 38.1 Å². The molecule has 0 fully saturated rings. The normalized spacial score (nSPS) is 10.8.